The molecule has 38 heavy (non-hydrogen) atoms. The quantitative estimate of drug-likeness (QED) is 0.306. The maximum atomic E-state index is 13.6. The Morgan fingerprint density at radius 3 is 2.13 bits per heavy atom. The third kappa shape index (κ3) is 9.19. The molecule has 0 radical (unpaired) electrons. The van der Waals surface area contributed by atoms with Gasteiger partial charge in [-0.05, 0) is 63.9 Å². The van der Waals surface area contributed by atoms with E-state index in [0.717, 1.165) is 10.6 Å². The van der Waals surface area contributed by atoms with Crippen LogP contribution in [0.4, 0.5) is 5.69 Å². The molecule has 0 saturated carbocycles. The molecule has 0 aliphatic carbocycles. The molecule has 0 fully saturated rings. The van der Waals surface area contributed by atoms with Crippen LogP contribution in [0.15, 0.2) is 36.4 Å². The topological polar surface area (TPSA) is 86.8 Å². The molecule has 0 spiro atoms. The molecule has 1 unspecified atom stereocenters. The number of hydrogen-bond donors (Lipinski definition) is 1. The van der Waals surface area contributed by atoms with E-state index in [1.54, 1.807) is 24.3 Å². The smallest absolute Gasteiger partial charge is 0.243 e. The van der Waals surface area contributed by atoms with E-state index in [1.807, 2.05) is 27.7 Å². The second-order valence-electron chi connectivity index (χ2n) is 9.92. The Hall–Kier alpha value is -1.71. The summed E-state index contributed by atoms with van der Waals surface area (Å²) in [5.41, 5.74) is 0.243. The zero-order valence-corrected chi connectivity index (χ0v) is 25.9. The van der Waals surface area contributed by atoms with Gasteiger partial charge < -0.3 is 10.2 Å². The number of sulfonamides is 1. The van der Waals surface area contributed by atoms with E-state index in [2.05, 4.69) is 5.32 Å². The van der Waals surface area contributed by atoms with Crippen LogP contribution in [0.5, 0.6) is 0 Å². The molecule has 0 aliphatic rings. The highest BCUT2D eigenvalue weighted by molar-refractivity contribution is 7.92. The monoisotopic (exact) mass is 623 g/mol. The summed E-state index contributed by atoms with van der Waals surface area (Å²) >= 11 is 25.1. The van der Waals surface area contributed by atoms with Crippen LogP contribution in [0.25, 0.3) is 0 Å². The fourth-order valence-corrected chi connectivity index (χ4v) is 5.81. The lowest BCUT2D eigenvalue weighted by atomic mass is 10.0. The molecule has 1 N–H and O–H groups in total. The van der Waals surface area contributed by atoms with Gasteiger partial charge in [-0.2, -0.15) is 0 Å². The van der Waals surface area contributed by atoms with Crippen molar-refractivity contribution in [2.45, 2.75) is 65.1 Å². The molecule has 2 rings (SSSR count). The van der Waals surface area contributed by atoms with Crippen LogP contribution in [0, 0.1) is 0 Å². The minimum absolute atomic E-state index is 0.0172. The maximum Gasteiger partial charge on any atom is 0.243 e. The fraction of sp³-hybridized carbons (Fsp3) is 0.462. The molecule has 0 saturated heterocycles. The lowest BCUT2D eigenvalue weighted by molar-refractivity contribution is -0.142. The van der Waals surface area contributed by atoms with Crippen molar-refractivity contribution in [2.75, 3.05) is 17.1 Å². The van der Waals surface area contributed by atoms with Gasteiger partial charge in [-0.1, -0.05) is 59.4 Å². The van der Waals surface area contributed by atoms with Crippen LogP contribution < -0.4 is 9.62 Å². The average molecular weight is 625 g/mol. The van der Waals surface area contributed by atoms with Crippen LogP contribution >= 0.6 is 46.4 Å². The number of amides is 2. The SMILES string of the molecule is CCC(C(=O)NC(C)(C)C)N(Cc1c(Cl)cccc1Cl)C(=O)CCCN(c1cc(Cl)ccc1Cl)S(C)(=O)=O. The van der Waals surface area contributed by atoms with Gasteiger partial charge in [0, 0.05) is 45.7 Å². The number of hydrogen-bond acceptors (Lipinski definition) is 4. The van der Waals surface area contributed by atoms with Crippen LogP contribution in [0.3, 0.4) is 0 Å². The van der Waals surface area contributed by atoms with Crippen molar-refractivity contribution < 1.29 is 18.0 Å². The molecule has 2 amide bonds. The number of rotatable bonds is 11. The van der Waals surface area contributed by atoms with E-state index < -0.39 is 21.6 Å². The second kappa shape index (κ2) is 13.6. The Morgan fingerprint density at radius 2 is 1.61 bits per heavy atom. The first-order chi connectivity index (χ1) is 17.5. The molecule has 1 atom stereocenters. The number of nitrogens with zero attached hydrogens (tertiary/aromatic N) is 2. The minimum Gasteiger partial charge on any atom is -0.350 e. The number of anilines is 1. The molecule has 0 bridgehead atoms. The normalized spacial score (nSPS) is 12.7. The first-order valence-electron chi connectivity index (χ1n) is 12.0. The summed E-state index contributed by atoms with van der Waals surface area (Å²) < 4.78 is 26.2. The number of benzene rings is 2. The van der Waals surface area contributed by atoms with Crippen molar-refractivity contribution in [2.24, 2.45) is 0 Å². The largest absolute Gasteiger partial charge is 0.350 e. The van der Waals surface area contributed by atoms with Gasteiger partial charge in [0.15, 0.2) is 0 Å². The summed E-state index contributed by atoms with van der Waals surface area (Å²) in [6.45, 7) is 7.38. The van der Waals surface area contributed by atoms with E-state index in [9.17, 15) is 18.0 Å². The third-order valence-corrected chi connectivity index (χ3v) is 8.05. The number of carbonyl (C=O) groups excluding carboxylic acids is 2. The van der Waals surface area contributed by atoms with E-state index in [-0.39, 0.29) is 48.5 Å². The van der Waals surface area contributed by atoms with Crippen LogP contribution in [0.2, 0.25) is 20.1 Å². The standard InChI is InChI=1S/C26H33Cl4N3O4S/c1-6-22(25(35)31-26(2,3)4)32(16-18-19(28)9-7-10-20(18)29)24(34)11-8-14-33(38(5,36)37)23-15-17(27)12-13-21(23)30/h7,9-10,12-13,15,22H,6,8,11,14,16H2,1-5H3,(H,31,35). The highest BCUT2D eigenvalue weighted by atomic mass is 35.5. The fourth-order valence-electron chi connectivity index (χ4n) is 3.89. The highest BCUT2D eigenvalue weighted by Crippen LogP contribution is 2.31. The van der Waals surface area contributed by atoms with E-state index in [1.165, 1.54) is 17.0 Å². The summed E-state index contributed by atoms with van der Waals surface area (Å²) in [7, 11) is -3.72. The van der Waals surface area contributed by atoms with Crippen LogP contribution in [-0.2, 0) is 26.2 Å². The zero-order chi connectivity index (χ0) is 28.8. The summed E-state index contributed by atoms with van der Waals surface area (Å²) in [5.74, 6) is -0.650. The third-order valence-electron chi connectivity index (χ3n) is 5.60. The van der Waals surface area contributed by atoms with Gasteiger partial charge in [0.25, 0.3) is 0 Å². The predicted molar refractivity (Wildman–Crippen MR) is 157 cm³/mol. The Balaban J connectivity index is 2.33. The summed E-state index contributed by atoms with van der Waals surface area (Å²) in [5, 5.41) is 4.23. The predicted octanol–water partition coefficient (Wildman–Crippen LogP) is 6.57. The summed E-state index contributed by atoms with van der Waals surface area (Å²) in [6.07, 6.45) is 1.54. The van der Waals surface area contributed by atoms with E-state index >= 15 is 0 Å². The first kappa shape index (κ1) is 32.5. The molecule has 2 aromatic carbocycles. The van der Waals surface area contributed by atoms with Gasteiger partial charge in [0.05, 0.1) is 17.0 Å². The van der Waals surface area contributed by atoms with Gasteiger partial charge in [-0.3, -0.25) is 13.9 Å². The van der Waals surface area contributed by atoms with E-state index in [0.29, 0.717) is 27.1 Å². The van der Waals surface area contributed by atoms with Crippen LogP contribution in [-0.4, -0.2) is 49.5 Å². The first-order valence-corrected chi connectivity index (χ1v) is 15.4. The Labute approximate surface area is 245 Å². The Morgan fingerprint density at radius 1 is 1.00 bits per heavy atom. The molecular formula is C26H33Cl4N3O4S. The Bertz CT molecular complexity index is 1250. The van der Waals surface area contributed by atoms with Gasteiger partial charge >= 0.3 is 0 Å². The molecule has 12 heteroatoms. The average Bonchev–Trinajstić information content (AvgIpc) is 2.78. The van der Waals surface area contributed by atoms with E-state index in [4.69, 9.17) is 46.4 Å². The number of carbonyl (C=O) groups is 2. The van der Waals surface area contributed by atoms with Gasteiger partial charge in [-0.15, -0.1) is 0 Å². The van der Waals surface area contributed by atoms with Gasteiger partial charge in [-0.25, -0.2) is 8.42 Å². The van der Waals surface area contributed by atoms with Crippen molar-refractivity contribution >= 4 is 73.9 Å². The van der Waals surface area contributed by atoms with Gasteiger partial charge in [0.1, 0.15) is 6.04 Å². The molecule has 0 aliphatic heterocycles. The molecule has 210 valence electrons. The lowest BCUT2D eigenvalue weighted by Gasteiger charge is -2.33. The Kier molecular flexibility index (Phi) is 11.6. The molecule has 0 heterocycles. The minimum atomic E-state index is -3.72. The maximum absolute atomic E-state index is 13.6. The molecular weight excluding hydrogens is 592 g/mol. The van der Waals surface area contributed by atoms with Crippen molar-refractivity contribution in [1.29, 1.82) is 0 Å². The van der Waals surface area contributed by atoms with Crippen molar-refractivity contribution in [3.8, 4) is 0 Å². The number of halogens is 4. The highest BCUT2D eigenvalue weighted by Gasteiger charge is 2.31. The van der Waals surface area contributed by atoms with Crippen LogP contribution in [0.1, 0.15) is 52.5 Å². The molecule has 2 aromatic rings. The van der Waals surface area contributed by atoms with Crippen molar-refractivity contribution in [1.82, 2.24) is 10.2 Å². The number of nitrogens with one attached hydrogen (secondary N) is 1. The second-order valence-corrected chi connectivity index (χ2v) is 13.5. The summed E-state index contributed by atoms with van der Waals surface area (Å²) in [4.78, 5) is 28.2. The van der Waals surface area contributed by atoms with Crippen molar-refractivity contribution in [3.05, 3.63) is 62.1 Å². The van der Waals surface area contributed by atoms with Gasteiger partial charge in [0.2, 0.25) is 21.8 Å². The molecule has 7 nitrogen and oxygen atoms in total. The van der Waals surface area contributed by atoms with Crippen molar-refractivity contribution in [3.63, 3.8) is 0 Å². The lowest BCUT2D eigenvalue weighted by Crippen LogP contribution is -2.53. The molecule has 0 aromatic heterocycles. The zero-order valence-electron chi connectivity index (χ0n) is 22.0. The summed E-state index contributed by atoms with van der Waals surface area (Å²) in [6, 6.07) is 8.77.